The second-order valence-electron chi connectivity index (χ2n) is 5.39. The number of aliphatic hydroxyl groups excluding tert-OH is 1. The quantitative estimate of drug-likeness (QED) is 0.858. The molecule has 0 aromatic heterocycles. The molecule has 2 aromatic carbocycles. The van der Waals surface area contributed by atoms with E-state index < -0.39 is 6.61 Å². The zero-order valence-electron chi connectivity index (χ0n) is 13.0. The Kier molecular flexibility index (Phi) is 4.48. The van der Waals surface area contributed by atoms with Gasteiger partial charge in [0.2, 0.25) is 0 Å². The highest BCUT2D eigenvalue weighted by Crippen LogP contribution is 2.33. The number of fused-ring (bicyclic) bond motifs is 1. The van der Waals surface area contributed by atoms with Crippen LogP contribution in [0, 0.1) is 0 Å². The van der Waals surface area contributed by atoms with Crippen molar-refractivity contribution in [1.82, 2.24) is 0 Å². The van der Waals surface area contributed by atoms with Crippen LogP contribution in [0.15, 0.2) is 42.5 Å². The van der Waals surface area contributed by atoms with Crippen LogP contribution >= 0.6 is 0 Å². The molecule has 120 valence electrons. The Balaban J connectivity index is 1.89. The highest BCUT2D eigenvalue weighted by molar-refractivity contribution is 5.98. The largest absolute Gasteiger partial charge is 0.497 e. The zero-order valence-corrected chi connectivity index (χ0v) is 13.0. The molecule has 5 heteroatoms. The molecule has 1 aliphatic rings. The summed E-state index contributed by atoms with van der Waals surface area (Å²) in [6.07, 6.45) is 0. The van der Waals surface area contributed by atoms with Crippen LogP contribution in [-0.2, 0) is 6.54 Å². The number of carbonyl (C=O) groups excluding carboxylic acids is 1. The summed E-state index contributed by atoms with van der Waals surface area (Å²) in [7, 11) is 1.65. The number of nitrogens with zero attached hydrogens (tertiary/aromatic N) is 1. The average Bonchev–Trinajstić information content (AvgIpc) is 2.61. The number of methoxy groups -OCH3 is 1. The minimum absolute atomic E-state index is 0.292. The lowest BCUT2D eigenvalue weighted by Crippen LogP contribution is -2.32. The van der Waals surface area contributed by atoms with E-state index in [1.807, 2.05) is 24.3 Å². The van der Waals surface area contributed by atoms with E-state index in [2.05, 4.69) is 4.90 Å². The van der Waals surface area contributed by atoms with E-state index in [0.717, 1.165) is 29.3 Å². The first kappa shape index (κ1) is 15.4. The van der Waals surface area contributed by atoms with Gasteiger partial charge >= 0.3 is 0 Å². The SMILES string of the molecule is COc1cccc(CN2CCOc3ccc(C(=O)CO)cc32)c1. The van der Waals surface area contributed by atoms with E-state index in [9.17, 15) is 4.79 Å². The molecule has 5 nitrogen and oxygen atoms in total. The zero-order chi connectivity index (χ0) is 16.2. The molecule has 0 spiro atoms. The Morgan fingerprint density at radius 1 is 1.30 bits per heavy atom. The van der Waals surface area contributed by atoms with Gasteiger partial charge in [-0.05, 0) is 35.9 Å². The number of rotatable bonds is 5. The van der Waals surface area contributed by atoms with Gasteiger partial charge in [0, 0.05) is 12.1 Å². The molecule has 0 unspecified atom stereocenters. The molecule has 0 saturated carbocycles. The molecule has 1 aliphatic heterocycles. The molecule has 3 rings (SSSR count). The van der Waals surface area contributed by atoms with Crippen molar-refractivity contribution in [1.29, 1.82) is 0 Å². The fourth-order valence-corrected chi connectivity index (χ4v) is 2.69. The summed E-state index contributed by atoms with van der Waals surface area (Å²) in [4.78, 5) is 13.9. The van der Waals surface area contributed by atoms with Crippen molar-refractivity contribution in [3.05, 3.63) is 53.6 Å². The van der Waals surface area contributed by atoms with Crippen molar-refractivity contribution in [2.75, 3.05) is 31.8 Å². The summed E-state index contributed by atoms with van der Waals surface area (Å²) in [5.41, 5.74) is 2.49. The van der Waals surface area contributed by atoms with Crippen LogP contribution in [-0.4, -0.2) is 37.8 Å². The van der Waals surface area contributed by atoms with Gasteiger partial charge in [-0.25, -0.2) is 0 Å². The van der Waals surface area contributed by atoms with Gasteiger partial charge in [-0.3, -0.25) is 4.79 Å². The van der Waals surface area contributed by atoms with Crippen LogP contribution in [0.2, 0.25) is 0 Å². The topological polar surface area (TPSA) is 59.0 Å². The van der Waals surface area contributed by atoms with E-state index >= 15 is 0 Å². The molecule has 2 aromatic rings. The van der Waals surface area contributed by atoms with Gasteiger partial charge < -0.3 is 19.5 Å². The highest BCUT2D eigenvalue weighted by Gasteiger charge is 2.20. The van der Waals surface area contributed by atoms with Gasteiger partial charge in [-0.1, -0.05) is 12.1 Å². The number of anilines is 1. The fraction of sp³-hybridized carbons (Fsp3) is 0.278. The molecular formula is C18H19NO4. The number of hydrogen-bond acceptors (Lipinski definition) is 5. The fourth-order valence-electron chi connectivity index (χ4n) is 2.69. The Hall–Kier alpha value is -2.53. The Labute approximate surface area is 135 Å². The molecule has 0 atom stereocenters. The van der Waals surface area contributed by atoms with E-state index in [1.165, 1.54) is 0 Å². The second-order valence-corrected chi connectivity index (χ2v) is 5.39. The first-order chi connectivity index (χ1) is 11.2. The number of benzene rings is 2. The lowest BCUT2D eigenvalue weighted by Gasteiger charge is -2.31. The molecular weight excluding hydrogens is 294 g/mol. The first-order valence-electron chi connectivity index (χ1n) is 7.50. The predicted octanol–water partition coefficient (Wildman–Crippen LogP) is 2.27. The maximum Gasteiger partial charge on any atom is 0.188 e. The van der Waals surface area contributed by atoms with Gasteiger partial charge in [0.15, 0.2) is 5.78 Å². The molecule has 0 fully saturated rings. The molecule has 1 N–H and O–H groups in total. The Morgan fingerprint density at radius 2 is 2.17 bits per heavy atom. The predicted molar refractivity (Wildman–Crippen MR) is 87.4 cm³/mol. The van der Waals surface area contributed by atoms with Crippen molar-refractivity contribution >= 4 is 11.5 Å². The van der Waals surface area contributed by atoms with Crippen molar-refractivity contribution in [2.45, 2.75) is 6.54 Å². The standard InChI is InChI=1S/C18H19NO4/c1-22-15-4-2-3-13(9-15)11-19-7-8-23-18-6-5-14(10-16(18)19)17(21)12-20/h2-6,9-10,20H,7-8,11-12H2,1H3. The average molecular weight is 313 g/mol. The van der Waals surface area contributed by atoms with Crippen LogP contribution in [0.1, 0.15) is 15.9 Å². The lowest BCUT2D eigenvalue weighted by molar-refractivity contribution is 0.0903. The number of hydrogen-bond donors (Lipinski definition) is 1. The van der Waals surface area contributed by atoms with Crippen LogP contribution in [0.5, 0.6) is 11.5 Å². The summed E-state index contributed by atoms with van der Waals surface area (Å²) in [6.45, 7) is 1.55. The van der Waals surface area contributed by atoms with Gasteiger partial charge in [0.1, 0.15) is 24.7 Å². The first-order valence-corrected chi connectivity index (χ1v) is 7.50. The summed E-state index contributed by atoms with van der Waals surface area (Å²) in [5.74, 6) is 1.29. The van der Waals surface area contributed by atoms with Gasteiger partial charge in [0.25, 0.3) is 0 Å². The van der Waals surface area contributed by atoms with Gasteiger partial charge in [-0.15, -0.1) is 0 Å². The number of ketones is 1. The maximum atomic E-state index is 11.7. The Bertz CT molecular complexity index is 714. The summed E-state index contributed by atoms with van der Waals surface area (Å²) >= 11 is 0. The smallest absolute Gasteiger partial charge is 0.188 e. The maximum absolute atomic E-state index is 11.7. The molecule has 0 amide bonds. The Morgan fingerprint density at radius 3 is 2.96 bits per heavy atom. The lowest BCUT2D eigenvalue weighted by atomic mass is 10.1. The van der Waals surface area contributed by atoms with Gasteiger partial charge in [-0.2, -0.15) is 0 Å². The van der Waals surface area contributed by atoms with E-state index in [-0.39, 0.29) is 5.78 Å². The second kappa shape index (κ2) is 6.71. The summed E-state index contributed by atoms with van der Waals surface area (Å²) < 4.78 is 10.9. The monoisotopic (exact) mass is 313 g/mol. The third-order valence-corrected chi connectivity index (χ3v) is 3.89. The number of Topliss-reactive ketones (excluding diaryl/α,β-unsaturated/α-hetero) is 1. The molecule has 0 radical (unpaired) electrons. The van der Waals surface area contributed by atoms with E-state index in [4.69, 9.17) is 14.6 Å². The van der Waals surface area contributed by atoms with E-state index in [1.54, 1.807) is 25.3 Å². The van der Waals surface area contributed by atoms with E-state index in [0.29, 0.717) is 18.7 Å². The van der Waals surface area contributed by atoms with Crippen molar-refractivity contribution in [3.63, 3.8) is 0 Å². The van der Waals surface area contributed by atoms with Gasteiger partial charge in [0.05, 0.1) is 19.3 Å². The normalized spacial score (nSPS) is 13.2. The molecule has 0 bridgehead atoms. The van der Waals surface area contributed by atoms with Crippen LogP contribution in [0.25, 0.3) is 0 Å². The molecule has 1 heterocycles. The van der Waals surface area contributed by atoms with Crippen molar-refractivity contribution in [2.24, 2.45) is 0 Å². The summed E-state index contributed by atoms with van der Waals surface area (Å²) in [5, 5.41) is 9.04. The minimum atomic E-state index is -0.491. The van der Waals surface area contributed by atoms with Crippen LogP contribution < -0.4 is 14.4 Å². The number of ether oxygens (including phenoxy) is 2. The van der Waals surface area contributed by atoms with Crippen LogP contribution in [0.4, 0.5) is 5.69 Å². The summed E-state index contributed by atoms with van der Waals surface area (Å²) in [6, 6.07) is 13.2. The molecule has 0 saturated heterocycles. The van der Waals surface area contributed by atoms with Crippen molar-refractivity contribution in [3.8, 4) is 11.5 Å². The molecule has 23 heavy (non-hydrogen) atoms. The number of aliphatic hydroxyl groups is 1. The number of carbonyl (C=O) groups is 1. The minimum Gasteiger partial charge on any atom is -0.497 e. The molecule has 0 aliphatic carbocycles. The third kappa shape index (κ3) is 3.29. The van der Waals surface area contributed by atoms with Crippen molar-refractivity contribution < 1.29 is 19.4 Å². The highest BCUT2D eigenvalue weighted by atomic mass is 16.5. The third-order valence-electron chi connectivity index (χ3n) is 3.89. The van der Waals surface area contributed by atoms with Crippen LogP contribution in [0.3, 0.4) is 0 Å².